The third-order valence-electron chi connectivity index (χ3n) is 5.40. The van der Waals surface area contributed by atoms with Gasteiger partial charge < -0.3 is 10.2 Å². The van der Waals surface area contributed by atoms with Crippen molar-refractivity contribution in [2.75, 3.05) is 24.5 Å². The van der Waals surface area contributed by atoms with Gasteiger partial charge in [-0.25, -0.2) is 4.68 Å². The number of nitrogens with zero attached hydrogens (tertiary/aromatic N) is 5. The van der Waals surface area contributed by atoms with Crippen LogP contribution in [0.4, 0.5) is 19.1 Å². The highest BCUT2D eigenvalue weighted by atomic mass is 19.4. The van der Waals surface area contributed by atoms with Gasteiger partial charge in [0, 0.05) is 26.1 Å². The number of alkyl halides is 3. The Hall–Kier alpha value is -2.65. The number of hydrogen-bond acceptors (Lipinski definition) is 5. The normalized spacial score (nSPS) is 19.5. The van der Waals surface area contributed by atoms with Gasteiger partial charge in [-0.15, -0.1) is 0 Å². The van der Waals surface area contributed by atoms with Gasteiger partial charge in [-0.3, -0.25) is 4.79 Å². The topological polar surface area (TPSA) is 75.9 Å². The van der Waals surface area contributed by atoms with E-state index < -0.39 is 11.7 Å². The molecular formula is C17H19F3N6O. The number of hydrogen-bond donors (Lipinski definition) is 1. The molecule has 144 valence electrons. The van der Waals surface area contributed by atoms with Crippen LogP contribution in [0.1, 0.15) is 30.4 Å². The predicted octanol–water partition coefficient (Wildman–Crippen LogP) is 1.85. The number of aromatic nitrogens is 4. The summed E-state index contributed by atoms with van der Waals surface area (Å²) in [7, 11) is 0. The van der Waals surface area contributed by atoms with Gasteiger partial charge in [-0.2, -0.15) is 13.2 Å². The van der Waals surface area contributed by atoms with Crippen molar-refractivity contribution in [3.8, 4) is 0 Å². The predicted molar refractivity (Wildman–Crippen MR) is 89.9 cm³/mol. The summed E-state index contributed by atoms with van der Waals surface area (Å²) in [4.78, 5) is 13.6. The van der Waals surface area contributed by atoms with Crippen LogP contribution in [-0.4, -0.2) is 45.7 Å². The van der Waals surface area contributed by atoms with Gasteiger partial charge in [0.15, 0.2) is 0 Å². The molecule has 27 heavy (non-hydrogen) atoms. The fraction of sp³-hybridized carbons (Fsp3) is 0.529. The minimum absolute atomic E-state index is 0.00685. The van der Waals surface area contributed by atoms with Crippen molar-refractivity contribution in [2.24, 2.45) is 5.41 Å². The second-order valence-corrected chi connectivity index (χ2v) is 7.28. The lowest BCUT2D eigenvalue weighted by Gasteiger charge is -2.38. The molecule has 2 fully saturated rings. The average molecular weight is 380 g/mol. The van der Waals surface area contributed by atoms with Gasteiger partial charge >= 0.3 is 6.18 Å². The van der Waals surface area contributed by atoms with Gasteiger partial charge in [0.2, 0.25) is 11.9 Å². The monoisotopic (exact) mass is 380 g/mol. The molecule has 1 spiro atoms. The molecule has 7 nitrogen and oxygen atoms in total. The third kappa shape index (κ3) is 3.60. The van der Waals surface area contributed by atoms with Gasteiger partial charge in [0.1, 0.15) is 0 Å². The third-order valence-corrected chi connectivity index (χ3v) is 5.40. The molecule has 0 saturated carbocycles. The summed E-state index contributed by atoms with van der Waals surface area (Å²) in [6.45, 7) is 2.28. The van der Waals surface area contributed by atoms with Gasteiger partial charge in [0.05, 0.1) is 12.1 Å². The Morgan fingerprint density at radius 1 is 1.22 bits per heavy atom. The fourth-order valence-electron chi connectivity index (χ4n) is 3.83. The van der Waals surface area contributed by atoms with Crippen LogP contribution in [0.25, 0.3) is 0 Å². The fourth-order valence-corrected chi connectivity index (χ4v) is 3.83. The number of tetrazole rings is 1. The zero-order chi connectivity index (χ0) is 19.1. The van der Waals surface area contributed by atoms with E-state index in [1.54, 1.807) is 6.07 Å². The van der Waals surface area contributed by atoms with E-state index in [4.69, 9.17) is 0 Å². The van der Waals surface area contributed by atoms with Gasteiger partial charge in [0.25, 0.3) is 0 Å². The number of halogens is 3. The number of piperidine rings is 1. The maximum absolute atomic E-state index is 12.9. The number of amides is 1. The molecule has 1 aromatic heterocycles. The minimum atomic E-state index is -4.38. The van der Waals surface area contributed by atoms with Crippen molar-refractivity contribution >= 4 is 11.9 Å². The molecule has 0 radical (unpaired) electrons. The summed E-state index contributed by atoms with van der Waals surface area (Å²) in [5.41, 5.74) is -0.196. The van der Waals surface area contributed by atoms with E-state index >= 15 is 0 Å². The molecule has 0 atom stereocenters. The molecule has 2 aromatic rings. The molecule has 2 aliphatic rings. The number of carbonyl (C=O) groups is 1. The molecule has 1 aromatic carbocycles. The number of carbonyl (C=O) groups excluding carboxylic acids is 1. The molecule has 1 N–H and O–H groups in total. The molecule has 0 aliphatic carbocycles. The Bertz CT molecular complexity index is 841. The highest BCUT2D eigenvalue weighted by molar-refractivity contribution is 5.79. The van der Waals surface area contributed by atoms with Crippen molar-refractivity contribution in [1.29, 1.82) is 0 Å². The van der Waals surface area contributed by atoms with E-state index in [-0.39, 0.29) is 17.9 Å². The number of benzene rings is 1. The van der Waals surface area contributed by atoms with E-state index in [1.165, 1.54) is 10.7 Å². The zero-order valence-electron chi connectivity index (χ0n) is 14.5. The molecule has 0 unspecified atom stereocenters. The highest BCUT2D eigenvalue weighted by Crippen LogP contribution is 2.38. The van der Waals surface area contributed by atoms with Crippen LogP contribution in [0.3, 0.4) is 0 Å². The molecular weight excluding hydrogens is 361 g/mol. The van der Waals surface area contributed by atoms with Crippen LogP contribution in [0.2, 0.25) is 0 Å². The van der Waals surface area contributed by atoms with Crippen molar-refractivity contribution < 1.29 is 18.0 Å². The van der Waals surface area contributed by atoms with E-state index in [2.05, 4.69) is 20.8 Å². The maximum Gasteiger partial charge on any atom is 0.416 e. The molecule has 0 bridgehead atoms. The van der Waals surface area contributed by atoms with Gasteiger partial charge in [-0.05, 0) is 46.4 Å². The molecule has 3 heterocycles. The second kappa shape index (κ2) is 6.50. The first-order valence-corrected chi connectivity index (χ1v) is 8.79. The first-order chi connectivity index (χ1) is 12.8. The standard InChI is InChI=1S/C17H19F3N6O/c18-17(19,20)13-3-1-2-12(8-13)10-26-15(22-23-24-26)25-6-4-16(5-7-25)9-14(27)21-11-16/h1-3,8H,4-7,9-11H2,(H,21,27). The summed E-state index contributed by atoms with van der Waals surface area (Å²) in [5.74, 6) is 0.636. The number of rotatable bonds is 3. The van der Waals surface area contributed by atoms with Gasteiger partial charge in [-0.1, -0.05) is 17.2 Å². The summed E-state index contributed by atoms with van der Waals surface area (Å²) in [6.07, 6.45) is -2.13. The van der Waals surface area contributed by atoms with Crippen LogP contribution in [0.15, 0.2) is 24.3 Å². The molecule has 4 rings (SSSR count). The summed E-state index contributed by atoms with van der Waals surface area (Å²) in [6, 6.07) is 5.18. The van der Waals surface area contributed by atoms with Crippen molar-refractivity contribution in [2.45, 2.75) is 32.0 Å². The molecule has 2 aliphatic heterocycles. The van der Waals surface area contributed by atoms with Crippen LogP contribution in [0.5, 0.6) is 0 Å². The number of nitrogens with one attached hydrogen (secondary N) is 1. The van der Waals surface area contributed by atoms with E-state index in [0.29, 0.717) is 37.6 Å². The summed E-state index contributed by atoms with van der Waals surface area (Å²) >= 11 is 0. The Labute approximate surface area is 153 Å². The molecule has 10 heteroatoms. The Morgan fingerprint density at radius 2 is 2.00 bits per heavy atom. The Morgan fingerprint density at radius 3 is 2.67 bits per heavy atom. The first kappa shape index (κ1) is 17.7. The van der Waals surface area contributed by atoms with Crippen molar-refractivity contribution in [1.82, 2.24) is 25.5 Å². The molecule has 1 amide bonds. The lowest BCUT2D eigenvalue weighted by molar-refractivity contribution is -0.137. The summed E-state index contributed by atoms with van der Waals surface area (Å²) < 4.78 is 40.2. The Balaban J connectivity index is 1.47. The van der Waals surface area contributed by atoms with Crippen LogP contribution >= 0.6 is 0 Å². The van der Waals surface area contributed by atoms with Crippen molar-refractivity contribution in [3.05, 3.63) is 35.4 Å². The van der Waals surface area contributed by atoms with Crippen LogP contribution in [-0.2, 0) is 17.5 Å². The average Bonchev–Trinajstić information content (AvgIpc) is 3.22. The van der Waals surface area contributed by atoms with E-state index in [9.17, 15) is 18.0 Å². The van der Waals surface area contributed by atoms with Crippen LogP contribution in [0, 0.1) is 5.41 Å². The SMILES string of the molecule is O=C1CC2(CCN(c3nnnn3Cc3cccc(C(F)(F)F)c3)CC2)CN1. The number of anilines is 1. The lowest BCUT2D eigenvalue weighted by Crippen LogP contribution is -2.42. The second-order valence-electron chi connectivity index (χ2n) is 7.28. The van der Waals surface area contributed by atoms with Crippen molar-refractivity contribution in [3.63, 3.8) is 0 Å². The lowest BCUT2D eigenvalue weighted by atomic mass is 9.78. The summed E-state index contributed by atoms with van der Waals surface area (Å²) in [5, 5.41) is 14.6. The first-order valence-electron chi connectivity index (χ1n) is 8.79. The largest absolute Gasteiger partial charge is 0.416 e. The van der Waals surface area contributed by atoms with E-state index in [0.717, 1.165) is 25.0 Å². The van der Waals surface area contributed by atoms with E-state index in [1.807, 2.05) is 4.90 Å². The maximum atomic E-state index is 12.9. The Kier molecular flexibility index (Phi) is 4.27. The minimum Gasteiger partial charge on any atom is -0.356 e. The zero-order valence-corrected chi connectivity index (χ0v) is 14.5. The quantitative estimate of drug-likeness (QED) is 0.880. The smallest absolute Gasteiger partial charge is 0.356 e. The molecule has 2 saturated heterocycles. The highest BCUT2D eigenvalue weighted by Gasteiger charge is 2.41. The van der Waals surface area contributed by atoms with Crippen LogP contribution < -0.4 is 10.2 Å².